The van der Waals surface area contributed by atoms with Gasteiger partial charge < -0.3 is 10.5 Å². The molecule has 0 saturated carbocycles. The Morgan fingerprint density at radius 2 is 2.21 bits per heavy atom. The van der Waals surface area contributed by atoms with Crippen molar-refractivity contribution >= 4 is 23.4 Å². The van der Waals surface area contributed by atoms with E-state index in [4.69, 9.17) is 17.3 Å². The molecule has 0 bridgehead atoms. The lowest BCUT2D eigenvalue weighted by Crippen LogP contribution is -2.09. The summed E-state index contributed by atoms with van der Waals surface area (Å²) in [4.78, 5) is 15.5. The molecule has 2 aromatic rings. The number of imidazole rings is 1. The highest BCUT2D eigenvalue weighted by molar-refractivity contribution is 6.32. The topological polar surface area (TPSA) is 70.1 Å². The van der Waals surface area contributed by atoms with Crippen molar-refractivity contribution in [3.8, 4) is 5.69 Å². The molecule has 5 nitrogen and oxygen atoms in total. The molecule has 0 aliphatic carbocycles. The molecular weight excluding hydrogens is 273 g/mol. The summed E-state index contributed by atoms with van der Waals surface area (Å²) in [6.07, 6.45) is 0. The van der Waals surface area contributed by atoms with Gasteiger partial charge >= 0.3 is 5.97 Å². The van der Waals surface area contributed by atoms with Gasteiger partial charge in [0.2, 0.25) is 0 Å². The van der Waals surface area contributed by atoms with Crippen LogP contribution in [0.5, 0.6) is 0 Å². The number of nitrogens with two attached hydrogens (primary N) is 1. The summed E-state index contributed by atoms with van der Waals surface area (Å²) in [5.41, 5.74) is 5.81. The van der Waals surface area contributed by atoms with Gasteiger partial charge in [-0.2, -0.15) is 0 Å². The molecular formula is C12H11ClFN3O2. The Labute approximate surface area is 113 Å². The number of ether oxygens (including phenoxy) is 1. The van der Waals surface area contributed by atoms with Crippen molar-refractivity contribution in [3.05, 3.63) is 40.6 Å². The minimum atomic E-state index is -0.688. The van der Waals surface area contributed by atoms with Gasteiger partial charge in [-0.15, -0.1) is 0 Å². The number of carbonyl (C=O) groups excluding carboxylic acids is 1. The molecule has 0 unspecified atom stereocenters. The number of anilines is 1. The number of halogens is 2. The number of nitrogens with zero attached hydrogens (tertiary/aromatic N) is 2. The van der Waals surface area contributed by atoms with E-state index in [-0.39, 0.29) is 22.2 Å². The molecule has 1 heterocycles. The Bertz CT molecular complexity index is 634. The molecule has 0 radical (unpaired) electrons. The van der Waals surface area contributed by atoms with Crippen LogP contribution in [0.3, 0.4) is 0 Å². The summed E-state index contributed by atoms with van der Waals surface area (Å²) in [7, 11) is 1.21. The number of esters is 1. The first-order chi connectivity index (χ1) is 8.97. The monoisotopic (exact) mass is 283 g/mol. The molecule has 0 spiro atoms. The van der Waals surface area contributed by atoms with E-state index in [9.17, 15) is 9.18 Å². The second kappa shape index (κ2) is 4.89. The van der Waals surface area contributed by atoms with E-state index in [1.807, 2.05) is 0 Å². The summed E-state index contributed by atoms with van der Waals surface area (Å²) in [6, 6.07) is 4.25. The molecule has 1 aromatic heterocycles. The normalized spacial score (nSPS) is 10.5. The van der Waals surface area contributed by atoms with Crippen molar-refractivity contribution in [2.45, 2.75) is 6.92 Å². The Kier molecular flexibility index (Phi) is 3.44. The first kappa shape index (κ1) is 13.4. The lowest BCUT2D eigenvalue weighted by Gasteiger charge is -2.10. The molecule has 0 aliphatic heterocycles. The van der Waals surface area contributed by atoms with Gasteiger partial charge in [0.15, 0.2) is 5.69 Å². The van der Waals surface area contributed by atoms with Crippen LogP contribution in [0, 0.1) is 12.7 Å². The Balaban J connectivity index is 2.70. The zero-order valence-corrected chi connectivity index (χ0v) is 11.0. The van der Waals surface area contributed by atoms with Crippen molar-refractivity contribution in [1.82, 2.24) is 9.55 Å². The third-order valence-electron chi connectivity index (χ3n) is 2.62. The summed E-state index contributed by atoms with van der Waals surface area (Å²) < 4.78 is 19.7. The highest BCUT2D eigenvalue weighted by Crippen LogP contribution is 2.28. The van der Waals surface area contributed by atoms with Crippen LogP contribution >= 0.6 is 11.6 Å². The fraction of sp³-hybridized carbons (Fsp3) is 0.167. The standard InChI is InChI=1S/C12H11ClFN3O2/c1-6-16-9(12(18)19-2)11(15)17(6)10-7(13)4-3-5-8(10)14/h3-5H,15H2,1-2H3. The van der Waals surface area contributed by atoms with E-state index in [1.165, 1.54) is 29.9 Å². The van der Waals surface area contributed by atoms with Crippen LogP contribution in [0.2, 0.25) is 5.02 Å². The van der Waals surface area contributed by atoms with E-state index in [2.05, 4.69) is 9.72 Å². The largest absolute Gasteiger partial charge is 0.464 e. The van der Waals surface area contributed by atoms with Crippen molar-refractivity contribution in [2.24, 2.45) is 0 Å². The molecule has 19 heavy (non-hydrogen) atoms. The lowest BCUT2D eigenvalue weighted by molar-refractivity contribution is 0.0596. The molecule has 1 aromatic carbocycles. The third-order valence-corrected chi connectivity index (χ3v) is 2.93. The number of benzene rings is 1. The molecule has 0 saturated heterocycles. The van der Waals surface area contributed by atoms with E-state index in [1.54, 1.807) is 6.92 Å². The van der Waals surface area contributed by atoms with Gasteiger partial charge in [-0.1, -0.05) is 17.7 Å². The molecule has 100 valence electrons. The summed E-state index contributed by atoms with van der Waals surface area (Å²) in [5.74, 6) is -0.927. The molecule has 0 amide bonds. The van der Waals surface area contributed by atoms with Gasteiger partial charge in [0.05, 0.1) is 12.1 Å². The number of para-hydroxylation sites is 1. The maximum Gasteiger partial charge on any atom is 0.360 e. The van der Waals surface area contributed by atoms with Gasteiger partial charge in [0.25, 0.3) is 0 Å². The summed E-state index contributed by atoms with van der Waals surface area (Å²) in [5, 5.41) is 0.170. The lowest BCUT2D eigenvalue weighted by atomic mass is 10.3. The van der Waals surface area contributed by atoms with Gasteiger partial charge in [-0.25, -0.2) is 14.2 Å². The van der Waals surface area contributed by atoms with E-state index >= 15 is 0 Å². The number of methoxy groups -OCH3 is 1. The molecule has 0 fully saturated rings. The molecule has 2 rings (SSSR count). The number of nitrogen functional groups attached to an aromatic ring is 1. The average molecular weight is 284 g/mol. The van der Waals surface area contributed by atoms with Crippen LogP contribution in [0.15, 0.2) is 18.2 Å². The Morgan fingerprint density at radius 3 is 2.79 bits per heavy atom. The van der Waals surface area contributed by atoms with Crippen molar-refractivity contribution in [3.63, 3.8) is 0 Å². The highest BCUT2D eigenvalue weighted by atomic mass is 35.5. The number of carbonyl (C=O) groups is 1. The number of aromatic nitrogens is 2. The molecule has 0 atom stereocenters. The van der Waals surface area contributed by atoms with E-state index < -0.39 is 11.8 Å². The van der Waals surface area contributed by atoms with E-state index in [0.29, 0.717) is 5.82 Å². The van der Waals surface area contributed by atoms with Crippen molar-refractivity contribution in [1.29, 1.82) is 0 Å². The van der Waals surface area contributed by atoms with Gasteiger partial charge in [0.1, 0.15) is 23.1 Å². The number of hydrogen-bond acceptors (Lipinski definition) is 4. The number of aryl methyl sites for hydroxylation is 1. The first-order valence-corrected chi connectivity index (χ1v) is 5.72. The second-order valence-corrected chi connectivity index (χ2v) is 4.20. The van der Waals surface area contributed by atoms with Crippen LogP contribution in [0.25, 0.3) is 5.69 Å². The third kappa shape index (κ3) is 2.15. The predicted molar refractivity (Wildman–Crippen MR) is 69.0 cm³/mol. The summed E-state index contributed by atoms with van der Waals surface area (Å²) >= 11 is 5.97. The number of hydrogen-bond donors (Lipinski definition) is 1. The molecule has 7 heteroatoms. The minimum absolute atomic E-state index is 0.0173. The van der Waals surface area contributed by atoms with Gasteiger partial charge in [0, 0.05) is 0 Å². The average Bonchev–Trinajstić information content (AvgIpc) is 2.65. The Morgan fingerprint density at radius 1 is 1.53 bits per heavy atom. The zero-order chi connectivity index (χ0) is 14.2. The van der Waals surface area contributed by atoms with Crippen LogP contribution in [-0.2, 0) is 4.74 Å². The zero-order valence-electron chi connectivity index (χ0n) is 10.3. The fourth-order valence-corrected chi connectivity index (χ4v) is 2.03. The van der Waals surface area contributed by atoms with Gasteiger partial charge in [-0.3, -0.25) is 4.57 Å². The maximum absolute atomic E-state index is 13.9. The minimum Gasteiger partial charge on any atom is -0.464 e. The number of rotatable bonds is 2. The predicted octanol–water partition coefficient (Wildman–Crippen LogP) is 2.34. The summed E-state index contributed by atoms with van der Waals surface area (Å²) in [6.45, 7) is 1.59. The van der Waals surface area contributed by atoms with Crippen molar-refractivity contribution < 1.29 is 13.9 Å². The first-order valence-electron chi connectivity index (χ1n) is 5.35. The smallest absolute Gasteiger partial charge is 0.360 e. The maximum atomic E-state index is 13.9. The van der Waals surface area contributed by atoms with E-state index in [0.717, 1.165) is 0 Å². The second-order valence-electron chi connectivity index (χ2n) is 3.79. The SMILES string of the molecule is COC(=O)c1nc(C)n(-c2c(F)cccc2Cl)c1N. The molecule has 0 aliphatic rings. The highest BCUT2D eigenvalue weighted by Gasteiger charge is 2.22. The van der Waals surface area contributed by atoms with Crippen LogP contribution in [-0.4, -0.2) is 22.6 Å². The van der Waals surface area contributed by atoms with Crippen LogP contribution < -0.4 is 5.73 Å². The fourth-order valence-electron chi connectivity index (χ4n) is 1.78. The van der Waals surface area contributed by atoms with Crippen LogP contribution in [0.1, 0.15) is 16.3 Å². The van der Waals surface area contributed by atoms with Gasteiger partial charge in [-0.05, 0) is 19.1 Å². The van der Waals surface area contributed by atoms with Crippen LogP contribution in [0.4, 0.5) is 10.2 Å². The quantitative estimate of drug-likeness (QED) is 0.859. The van der Waals surface area contributed by atoms with Crippen molar-refractivity contribution in [2.75, 3.05) is 12.8 Å². The molecule has 2 N–H and O–H groups in total. The Hall–Kier alpha value is -2.08.